The Labute approximate surface area is 150 Å². The summed E-state index contributed by atoms with van der Waals surface area (Å²) in [5.74, 6) is -0.00769. The highest BCUT2D eigenvalue weighted by Crippen LogP contribution is 2.23. The van der Waals surface area contributed by atoms with E-state index >= 15 is 0 Å². The lowest BCUT2D eigenvalue weighted by Crippen LogP contribution is -2.18. The summed E-state index contributed by atoms with van der Waals surface area (Å²) in [7, 11) is 0. The zero-order valence-electron chi connectivity index (χ0n) is 14.8. The SMILES string of the molecule is O=C(Nc1cccc(CN2CCCC2)c1)c1ccc2c(c1)CCCC2. The van der Waals surface area contributed by atoms with Gasteiger partial charge in [0, 0.05) is 17.8 Å². The van der Waals surface area contributed by atoms with Gasteiger partial charge in [-0.25, -0.2) is 0 Å². The Morgan fingerprint density at radius 2 is 1.72 bits per heavy atom. The van der Waals surface area contributed by atoms with Gasteiger partial charge < -0.3 is 5.32 Å². The number of rotatable bonds is 4. The van der Waals surface area contributed by atoms with Crippen molar-refractivity contribution in [1.29, 1.82) is 0 Å². The predicted octanol–water partition coefficient (Wildman–Crippen LogP) is 4.41. The van der Waals surface area contributed by atoms with Gasteiger partial charge in [0.1, 0.15) is 0 Å². The van der Waals surface area contributed by atoms with Crippen LogP contribution in [0, 0.1) is 0 Å². The van der Waals surface area contributed by atoms with Crippen LogP contribution in [0.25, 0.3) is 0 Å². The maximum Gasteiger partial charge on any atom is 0.255 e. The van der Waals surface area contributed by atoms with E-state index in [-0.39, 0.29) is 5.91 Å². The fourth-order valence-corrected chi connectivity index (χ4v) is 4.02. The topological polar surface area (TPSA) is 32.3 Å². The first-order valence-corrected chi connectivity index (χ1v) is 9.52. The van der Waals surface area contributed by atoms with E-state index in [1.165, 1.54) is 55.5 Å². The first-order valence-electron chi connectivity index (χ1n) is 9.52. The predicted molar refractivity (Wildman–Crippen MR) is 102 cm³/mol. The summed E-state index contributed by atoms with van der Waals surface area (Å²) in [5.41, 5.74) is 5.69. The quantitative estimate of drug-likeness (QED) is 0.898. The molecule has 25 heavy (non-hydrogen) atoms. The molecule has 2 aromatic rings. The summed E-state index contributed by atoms with van der Waals surface area (Å²) in [6.07, 6.45) is 7.35. The second-order valence-electron chi connectivity index (χ2n) is 7.33. The molecule has 0 aromatic heterocycles. The third-order valence-corrected chi connectivity index (χ3v) is 5.40. The molecule has 1 aliphatic carbocycles. The average molecular weight is 334 g/mol. The van der Waals surface area contributed by atoms with Crippen LogP contribution in [-0.4, -0.2) is 23.9 Å². The molecule has 2 aliphatic rings. The standard InChI is InChI=1S/C22H26N2O/c25-22(20-11-10-18-7-1-2-8-19(18)15-20)23-21-9-5-6-17(14-21)16-24-12-3-4-13-24/h5-6,9-11,14-15H,1-4,7-8,12-13,16H2,(H,23,25). The lowest BCUT2D eigenvalue weighted by molar-refractivity contribution is 0.102. The fraction of sp³-hybridized carbons (Fsp3) is 0.409. The van der Waals surface area contributed by atoms with Crippen LogP contribution in [0.1, 0.15) is 52.7 Å². The van der Waals surface area contributed by atoms with E-state index in [1.807, 2.05) is 18.2 Å². The molecule has 1 amide bonds. The van der Waals surface area contributed by atoms with Gasteiger partial charge in [-0.05, 0) is 92.6 Å². The molecular weight excluding hydrogens is 308 g/mol. The molecule has 1 fully saturated rings. The number of nitrogens with zero attached hydrogens (tertiary/aromatic N) is 1. The highest BCUT2D eigenvalue weighted by atomic mass is 16.1. The van der Waals surface area contributed by atoms with E-state index in [4.69, 9.17) is 0 Å². The monoisotopic (exact) mass is 334 g/mol. The van der Waals surface area contributed by atoms with Gasteiger partial charge in [-0.15, -0.1) is 0 Å². The van der Waals surface area contributed by atoms with Gasteiger partial charge in [-0.2, -0.15) is 0 Å². The van der Waals surface area contributed by atoms with E-state index in [0.717, 1.165) is 30.6 Å². The lowest BCUT2D eigenvalue weighted by Gasteiger charge is -2.17. The summed E-state index contributed by atoms with van der Waals surface area (Å²) in [4.78, 5) is 15.1. The van der Waals surface area contributed by atoms with Gasteiger partial charge in [0.15, 0.2) is 0 Å². The number of fused-ring (bicyclic) bond motifs is 1. The molecule has 1 heterocycles. The number of aryl methyl sites for hydroxylation is 2. The minimum Gasteiger partial charge on any atom is -0.322 e. The van der Waals surface area contributed by atoms with Crippen LogP contribution in [0.3, 0.4) is 0 Å². The Morgan fingerprint density at radius 3 is 2.56 bits per heavy atom. The van der Waals surface area contributed by atoms with Crippen LogP contribution in [-0.2, 0) is 19.4 Å². The third kappa shape index (κ3) is 3.93. The van der Waals surface area contributed by atoms with Crippen LogP contribution in [0.15, 0.2) is 42.5 Å². The van der Waals surface area contributed by atoms with Crippen LogP contribution in [0.5, 0.6) is 0 Å². The Kier molecular flexibility index (Phi) is 4.84. The van der Waals surface area contributed by atoms with E-state index in [9.17, 15) is 4.79 Å². The molecule has 1 N–H and O–H groups in total. The minimum atomic E-state index is -0.00769. The lowest BCUT2D eigenvalue weighted by atomic mass is 9.90. The maximum absolute atomic E-state index is 12.6. The molecule has 0 radical (unpaired) electrons. The fourth-order valence-electron chi connectivity index (χ4n) is 4.02. The molecule has 3 heteroatoms. The molecule has 0 unspecified atom stereocenters. The van der Waals surface area contributed by atoms with Gasteiger partial charge in [0.25, 0.3) is 5.91 Å². The molecule has 0 spiro atoms. The molecule has 0 saturated carbocycles. The number of hydrogen-bond acceptors (Lipinski definition) is 2. The average Bonchev–Trinajstić information content (AvgIpc) is 3.14. The first kappa shape index (κ1) is 16.3. The van der Waals surface area contributed by atoms with Crippen molar-refractivity contribution in [3.8, 4) is 0 Å². The number of nitrogens with one attached hydrogen (secondary N) is 1. The Hall–Kier alpha value is -2.13. The summed E-state index contributed by atoms with van der Waals surface area (Å²) < 4.78 is 0. The Bertz CT molecular complexity index is 762. The highest BCUT2D eigenvalue weighted by Gasteiger charge is 2.14. The molecule has 1 saturated heterocycles. The van der Waals surface area contributed by atoms with Crippen LogP contribution >= 0.6 is 0 Å². The number of carbonyl (C=O) groups is 1. The van der Waals surface area contributed by atoms with Crippen LogP contribution in [0.2, 0.25) is 0 Å². The smallest absolute Gasteiger partial charge is 0.255 e. The second-order valence-corrected chi connectivity index (χ2v) is 7.33. The molecule has 4 rings (SSSR count). The number of anilines is 1. The van der Waals surface area contributed by atoms with E-state index in [1.54, 1.807) is 0 Å². The van der Waals surface area contributed by atoms with Crippen molar-refractivity contribution in [2.24, 2.45) is 0 Å². The van der Waals surface area contributed by atoms with Crippen molar-refractivity contribution >= 4 is 11.6 Å². The Morgan fingerprint density at radius 1 is 0.920 bits per heavy atom. The number of likely N-dealkylation sites (tertiary alicyclic amines) is 1. The molecule has 130 valence electrons. The van der Waals surface area contributed by atoms with Crippen LogP contribution < -0.4 is 5.32 Å². The van der Waals surface area contributed by atoms with E-state index in [0.29, 0.717) is 0 Å². The number of benzene rings is 2. The molecule has 3 nitrogen and oxygen atoms in total. The van der Waals surface area contributed by atoms with Crippen molar-refractivity contribution in [2.75, 3.05) is 18.4 Å². The zero-order chi connectivity index (χ0) is 17.1. The Balaban J connectivity index is 1.45. The number of hydrogen-bond donors (Lipinski definition) is 1. The molecule has 2 aromatic carbocycles. The van der Waals surface area contributed by atoms with Gasteiger partial charge in [-0.3, -0.25) is 9.69 Å². The second kappa shape index (κ2) is 7.40. The summed E-state index contributed by atoms with van der Waals surface area (Å²) in [5, 5.41) is 3.07. The largest absolute Gasteiger partial charge is 0.322 e. The molecule has 0 bridgehead atoms. The normalized spacial score (nSPS) is 17.3. The summed E-state index contributed by atoms with van der Waals surface area (Å²) >= 11 is 0. The molecular formula is C22H26N2O. The number of amides is 1. The first-order chi connectivity index (χ1) is 12.3. The van der Waals surface area contributed by atoms with Crippen molar-refractivity contribution in [3.63, 3.8) is 0 Å². The van der Waals surface area contributed by atoms with Crippen molar-refractivity contribution < 1.29 is 4.79 Å². The van der Waals surface area contributed by atoms with E-state index < -0.39 is 0 Å². The van der Waals surface area contributed by atoms with Crippen molar-refractivity contribution in [3.05, 3.63) is 64.7 Å². The summed E-state index contributed by atoms with van der Waals surface area (Å²) in [6, 6.07) is 14.4. The van der Waals surface area contributed by atoms with Gasteiger partial charge in [-0.1, -0.05) is 18.2 Å². The van der Waals surface area contributed by atoms with Gasteiger partial charge in [0.05, 0.1) is 0 Å². The summed E-state index contributed by atoms with van der Waals surface area (Å²) in [6.45, 7) is 3.35. The molecule has 1 aliphatic heterocycles. The van der Waals surface area contributed by atoms with Crippen molar-refractivity contribution in [1.82, 2.24) is 4.90 Å². The highest BCUT2D eigenvalue weighted by molar-refractivity contribution is 6.04. The van der Waals surface area contributed by atoms with E-state index in [2.05, 4.69) is 34.5 Å². The van der Waals surface area contributed by atoms with Gasteiger partial charge in [0.2, 0.25) is 0 Å². The minimum absolute atomic E-state index is 0.00769. The maximum atomic E-state index is 12.6. The zero-order valence-corrected chi connectivity index (χ0v) is 14.8. The molecule has 0 atom stereocenters. The van der Waals surface area contributed by atoms with Crippen LogP contribution in [0.4, 0.5) is 5.69 Å². The third-order valence-electron chi connectivity index (χ3n) is 5.40. The van der Waals surface area contributed by atoms with Gasteiger partial charge >= 0.3 is 0 Å². The van der Waals surface area contributed by atoms with Crippen molar-refractivity contribution in [2.45, 2.75) is 45.1 Å². The number of carbonyl (C=O) groups excluding carboxylic acids is 1.